The molecule has 0 aliphatic carbocycles. The quantitative estimate of drug-likeness (QED) is 0.405. The van der Waals surface area contributed by atoms with Crippen LogP contribution in [0.2, 0.25) is 0 Å². The predicted molar refractivity (Wildman–Crippen MR) is 39.7 cm³/mol. The van der Waals surface area contributed by atoms with E-state index in [1.807, 2.05) is 6.92 Å². The first-order valence-corrected chi connectivity index (χ1v) is 4.04. The molecule has 1 atom stereocenters. The lowest BCUT2D eigenvalue weighted by Crippen LogP contribution is -2.13. The largest absolute Gasteiger partial charge is 0.463 e. The van der Waals surface area contributed by atoms with Gasteiger partial charge in [0.2, 0.25) is 0 Å². The maximum Gasteiger partial charge on any atom is 0.351 e. The monoisotopic (exact) mass is 212 g/mol. The fraction of sp³-hybridized carbons (Fsp3) is 0.833. The molecule has 0 aromatic heterocycles. The number of hydrogen-bond donors (Lipinski definition) is 0. The van der Waals surface area contributed by atoms with Gasteiger partial charge in [0.1, 0.15) is 0 Å². The Bertz CT molecular complexity index is 106. The molecule has 0 fully saturated rings. The molecule has 4 heteroatoms. The summed E-state index contributed by atoms with van der Waals surface area (Å²) in [4.78, 5) is 10.4. The van der Waals surface area contributed by atoms with Crippen LogP contribution in [-0.4, -0.2) is 17.7 Å². The third-order valence-electron chi connectivity index (χ3n) is 0.920. The molecule has 0 aromatic carbocycles. The Morgan fingerprint density at radius 1 is 1.80 bits per heavy atom. The minimum Gasteiger partial charge on any atom is -0.463 e. The molecule has 0 spiro atoms. The minimum atomic E-state index is -1.68. The molecule has 0 N–H and O–H groups in total. The first kappa shape index (κ1) is 9.88. The average Bonchev–Trinajstić information content (AvgIpc) is 1.88. The van der Waals surface area contributed by atoms with Gasteiger partial charge >= 0.3 is 5.97 Å². The van der Waals surface area contributed by atoms with Crippen molar-refractivity contribution in [3.8, 4) is 0 Å². The maximum absolute atomic E-state index is 12.0. The number of ether oxygens (including phenoxy) is 1. The second kappa shape index (κ2) is 5.65. The number of alkyl halides is 2. The van der Waals surface area contributed by atoms with Gasteiger partial charge in [-0.3, -0.25) is 0 Å². The van der Waals surface area contributed by atoms with Gasteiger partial charge in [-0.1, -0.05) is 13.3 Å². The van der Waals surface area contributed by atoms with E-state index in [-0.39, 0.29) is 0 Å². The summed E-state index contributed by atoms with van der Waals surface area (Å²) in [5.74, 6) is -0.839. The molecule has 0 aromatic rings. The third kappa shape index (κ3) is 4.73. The fourth-order valence-electron chi connectivity index (χ4n) is 0.380. The summed E-state index contributed by atoms with van der Waals surface area (Å²) in [5, 5.41) is -1.68. The van der Waals surface area contributed by atoms with Crippen LogP contribution in [0.3, 0.4) is 0 Å². The van der Waals surface area contributed by atoms with Crippen molar-refractivity contribution in [1.82, 2.24) is 0 Å². The molecule has 2 nitrogen and oxygen atoms in total. The Balaban J connectivity index is 3.22. The van der Waals surface area contributed by atoms with Gasteiger partial charge in [-0.25, -0.2) is 9.18 Å². The second-order valence-electron chi connectivity index (χ2n) is 1.82. The van der Waals surface area contributed by atoms with Crippen molar-refractivity contribution in [2.24, 2.45) is 0 Å². The zero-order valence-electron chi connectivity index (χ0n) is 5.77. The van der Waals surface area contributed by atoms with E-state index in [1.165, 1.54) is 0 Å². The summed E-state index contributed by atoms with van der Waals surface area (Å²) >= 11 is 2.45. The number of hydrogen-bond acceptors (Lipinski definition) is 2. The molecule has 0 saturated carbocycles. The van der Waals surface area contributed by atoms with Gasteiger partial charge in [-0.15, -0.1) is 0 Å². The molecule has 0 aliphatic heterocycles. The van der Waals surface area contributed by atoms with Crippen molar-refractivity contribution in [2.75, 3.05) is 6.61 Å². The molecule has 60 valence electrons. The van der Waals surface area contributed by atoms with Crippen molar-refractivity contribution in [1.29, 1.82) is 0 Å². The lowest BCUT2D eigenvalue weighted by Gasteiger charge is -2.01. The first-order chi connectivity index (χ1) is 4.68. The van der Waals surface area contributed by atoms with E-state index in [9.17, 15) is 9.18 Å². The smallest absolute Gasteiger partial charge is 0.351 e. The molecule has 0 heterocycles. The van der Waals surface area contributed by atoms with Crippen molar-refractivity contribution >= 4 is 21.9 Å². The van der Waals surface area contributed by atoms with Crippen LogP contribution in [0.1, 0.15) is 19.8 Å². The molecular formula is C6H10BrFO2. The Hall–Kier alpha value is -0.120. The molecule has 0 aliphatic rings. The van der Waals surface area contributed by atoms with Gasteiger partial charge in [0.05, 0.1) is 6.61 Å². The van der Waals surface area contributed by atoms with Crippen molar-refractivity contribution in [3.63, 3.8) is 0 Å². The van der Waals surface area contributed by atoms with Crippen molar-refractivity contribution < 1.29 is 13.9 Å². The van der Waals surface area contributed by atoms with Crippen LogP contribution in [0, 0.1) is 0 Å². The number of esters is 1. The van der Waals surface area contributed by atoms with E-state index >= 15 is 0 Å². The first-order valence-electron chi connectivity index (χ1n) is 3.13. The van der Waals surface area contributed by atoms with Crippen LogP contribution in [0.15, 0.2) is 0 Å². The highest BCUT2D eigenvalue weighted by atomic mass is 79.9. The SMILES string of the molecule is CCCCOC(=O)[C@H](F)Br. The maximum atomic E-state index is 12.0. The van der Waals surface area contributed by atoms with Gasteiger partial charge in [0.25, 0.3) is 5.08 Å². The lowest BCUT2D eigenvalue weighted by molar-refractivity contribution is -0.145. The van der Waals surface area contributed by atoms with Crippen molar-refractivity contribution in [3.05, 3.63) is 0 Å². The average molecular weight is 213 g/mol. The highest BCUT2D eigenvalue weighted by Crippen LogP contribution is 2.03. The minimum absolute atomic E-state index is 0.307. The number of halogens is 2. The summed E-state index contributed by atoms with van der Waals surface area (Å²) in [6.07, 6.45) is 1.72. The van der Waals surface area contributed by atoms with Gasteiger partial charge < -0.3 is 4.74 Å². The van der Waals surface area contributed by atoms with E-state index in [0.29, 0.717) is 6.61 Å². The summed E-state index contributed by atoms with van der Waals surface area (Å²) in [5.41, 5.74) is 0. The summed E-state index contributed by atoms with van der Waals surface area (Å²) < 4.78 is 16.4. The Morgan fingerprint density at radius 3 is 2.80 bits per heavy atom. The van der Waals surface area contributed by atoms with Crippen LogP contribution >= 0.6 is 15.9 Å². The predicted octanol–water partition coefficient (Wildman–Crippen LogP) is 2.02. The zero-order valence-corrected chi connectivity index (χ0v) is 7.36. The van der Waals surface area contributed by atoms with Gasteiger partial charge in [0, 0.05) is 0 Å². The van der Waals surface area contributed by atoms with E-state index in [0.717, 1.165) is 12.8 Å². The molecule has 0 radical (unpaired) electrons. The Morgan fingerprint density at radius 2 is 2.40 bits per heavy atom. The van der Waals surface area contributed by atoms with Crippen LogP contribution < -0.4 is 0 Å². The van der Waals surface area contributed by atoms with E-state index in [2.05, 4.69) is 20.7 Å². The van der Waals surface area contributed by atoms with Gasteiger partial charge in [-0.05, 0) is 22.4 Å². The Labute approximate surface area is 67.9 Å². The zero-order chi connectivity index (χ0) is 7.98. The van der Waals surface area contributed by atoms with Gasteiger partial charge in [-0.2, -0.15) is 0 Å². The van der Waals surface area contributed by atoms with E-state index in [1.54, 1.807) is 0 Å². The summed E-state index contributed by atoms with van der Waals surface area (Å²) in [6, 6.07) is 0. The van der Waals surface area contributed by atoms with Crippen molar-refractivity contribution in [2.45, 2.75) is 24.8 Å². The fourth-order valence-corrected chi connectivity index (χ4v) is 0.512. The third-order valence-corrected chi connectivity index (χ3v) is 1.29. The molecule has 0 bridgehead atoms. The number of unbranched alkanes of at least 4 members (excludes halogenated alkanes) is 1. The topological polar surface area (TPSA) is 26.3 Å². The Kier molecular flexibility index (Phi) is 5.58. The van der Waals surface area contributed by atoms with Crippen LogP contribution in [0.4, 0.5) is 4.39 Å². The molecule has 0 amide bonds. The highest BCUT2D eigenvalue weighted by molar-refractivity contribution is 9.09. The standard InChI is InChI=1S/C6H10BrFO2/c1-2-3-4-10-6(9)5(7)8/h5H,2-4H2,1H3/t5-/m0/s1. The molecule has 10 heavy (non-hydrogen) atoms. The van der Waals surface area contributed by atoms with Crippen LogP contribution in [0.25, 0.3) is 0 Å². The summed E-state index contributed by atoms with van der Waals surface area (Å²) in [6.45, 7) is 2.27. The highest BCUT2D eigenvalue weighted by Gasteiger charge is 2.12. The van der Waals surface area contributed by atoms with E-state index in [4.69, 9.17) is 0 Å². The van der Waals surface area contributed by atoms with Crippen LogP contribution in [-0.2, 0) is 9.53 Å². The number of rotatable bonds is 4. The molecule has 0 rings (SSSR count). The van der Waals surface area contributed by atoms with E-state index < -0.39 is 11.1 Å². The van der Waals surface area contributed by atoms with Gasteiger partial charge in [0.15, 0.2) is 0 Å². The number of carbonyl (C=O) groups is 1. The molecule has 0 saturated heterocycles. The normalized spacial score (nSPS) is 12.7. The van der Waals surface area contributed by atoms with Crippen LogP contribution in [0.5, 0.6) is 0 Å². The second-order valence-corrected chi connectivity index (χ2v) is 2.63. The summed E-state index contributed by atoms with van der Waals surface area (Å²) in [7, 11) is 0. The molecular weight excluding hydrogens is 203 g/mol. The lowest BCUT2D eigenvalue weighted by atomic mass is 10.4. The molecule has 0 unspecified atom stereocenters. The number of carbonyl (C=O) groups excluding carboxylic acids is 1.